The summed E-state index contributed by atoms with van der Waals surface area (Å²) in [5, 5.41) is 3.84. The lowest BCUT2D eigenvalue weighted by Crippen LogP contribution is -2.37. The zero-order chi connectivity index (χ0) is 24.0. The number of benzene rings is 2. The Morgan fingerprint density at radius 1 is 1.09 bits per heavy atom. The zero-order valence-electron chi connectivity index (χ0n) is 19.4. The molecule has 0 spiro atoms. The van der Waals surface area contributed by atoms with Crippen molar-refractivity contribution in [1.82, 2.24) is 9.97 Å². The van der Waals surface area contributed by atoms with Gasteiger partial charge in [-0.05, 0) is 47.6 Å². The molecular formula is C27H26FN3O2S. The molecule has 0 bridgehead atoms. The molecular weight excluding hydrogens is 449 g/mol. The van der Waals surface area contributed by atoms with Gasteiger partial charge in [-0.25, -0.2) is 9.37 Å². The number of aromatic nitrogens is 2. The maximum Gasteiger partial charge on any atom is 0.257 e. The van der Waals surface area contributed by atoms with Gasteiger partial charge < -0.3 is 10.3 Å². The van der Waals surface area contributed by atoms with Crippen LogP contribution in [0.1, 0.15) is 54.9 Å². The number of ketones is 1. The molecule has 174 valence electrons. The Balaban J connectivity index is 1.59. The Labute approximate surface area is 201 Å². The molecule has 0 radical (unpaired) electrons. The number of halogens is 1. The first-order chi connectivity index (χ1) is 16.2. The third-order valence-corrected chi connectivity index (χ3v) is 7.45. The van der Waals surface area contributed by atoms with Gasteiger partial charge in [0.25, 0.3) is 5.56 Å². The highest BCUT2D eigenvalue weighted by molar-refractivity contribution is 7.98. The lowest BCUT2D eigenvalue weighted by Gasteiger charge is -2.38. The highest BCUT2D eigenvalue weighted by Gasteiger charge is 2.42. The molecule has 0 saturated carbocycles. The molecule has 1 aromatic heterocycles. The summed E-state index contributed by atoms with van der Waals surface area (Å²) < 4.78 is 13.7. The second kappa shape index (κ2) is 8.55. The molecule has 1 aliphatic heterocycles. The van der Waals surface area contributed by atoms with Crippen LogP contribution in [-0.4, -0.2) is 15.8 Å². The molecule has 2 aliphatic rings. The van der Waals surface area contributed by atoms with Crippen LogP contribution in [0, 0.1) is 18.2 Å². The number of hydrogen-bond acceptors (Lipinski definition) is 5. The first-order valence-corrected chi connectivity index (χ1v) is 12.3. The second-order valence-corrected chi connectivity index (χ2v) is 10.8. The molecule has 0 amide bonds. The van der Waals surface area contributed by atoms with Crippen LogP contribution < -0.4 is 10.9 Å². The fraction of sp³-hybridized carbons (Fsp3) is 0.296. The van der Waals surface area contributed by atoms with E-state index in [2.05, 4.69) is 43.2 Å². The summed E-state index contributed by atoms with van der Waals surface area (Å²) in [4.78, 5) is 34.3. The fourth-order valence-electron chi connectivity index (χ4n) is 4.87. The number of aryl methyl sites for hydroxylation is 1. The number of anilines is 1. The maximum atomic E-state index is 13.7. The summed E-state index contributed by atoms with van der Waals surface area (Å²) in [5.41, 5.74) is 4.37. The molecule has 5 rings (SSSR count). The van der Waals surface area contributed by atoms with Crippen LogP contribution in [0.3, 0.4) is 0 Å². The van der Waals surface area contributed by atoms with Crippen molar-refractivity contribution in [3.05, 3.63) is 98.2 Å². The lowest BCUT2D eigenvalue weighted by molar-refractivity contribution is -0.118. The van der Waals surface area contributed by atoms with E-state index in [0.29, 0.717) is 46.3 Å². The molecule has 0 unspecified atom stereocenters. The van der Waals surface area contributed by atoms with Gasteiger partial charge in [-0.3, -0.25) is 9.59 Å². The number of rotatable bonds is 4. The third kappa shape index (κ3) is 4.20. The Bertz CT molecular complexity index is 1380. The first-order valence-electron chi connectivity index (χ1n) is 11.3. The predicted octanol–water partition coefficient (Wildman–Crippen LogP) is 5.71. The van der Waals surface area contributed by atoms with E-state index in [9.17, 15) is 14.0 Å². The van der Waals surface area contributed by atoms with Gasteiger partial charge in [-0.15, -0.1) is 0 Å². The number of carbonyl (C=O) groups is 1. The second-order valence-electron chi connectivity index (χ2n) is 9.79. The fourth-order valence-corrected chi connectivity index (χ4v) is 5.81. The van der Waals surface area contributed by atoms with Crippen LogP contribution in [0.5, 0.6) is 0 Å². The monoisotopic (exact) mass is 475 g/mol. The highest BCUT2D eigenvalue weighted by Crippen LogP contribution is 2.47. The van der Waals surface area contributed by atoms with Crippen molar-refractivity contribution in [3.8, 4) is 0 Å². The number of nitrogens with one attached hydrogen (secondary N) is 2. The number of carbonyl (C=O) groups excluding carboxylic acids is 1. The predicted molar refractivity (Wildman–Crippen MR) is 133 cm³/mol. The Kier molecular flexibility index (Phi) is 5.68. The first kappa shape index (κ1) is 22.6. The minimum Gasteiger partial charge on any atom is -0.343 e. The van der Waals surface area contributed by atoms with Gasteiger partial charge in [0, 0.05) is 29.4 Å². The maximum absolute atomic E-state index is 13.7. The molecule has 5 nitrogen and oxygen atoms in total. The van der Waals surface area contributed by atoms with Crippen LogP contribution in [0.25, 0.3) is 0 Å². The average molecular weight is 476 g/mol. The Hall–Kier alpha value is -3.19. The summed E-state index contributed by atoms with van der Waals surface area (Å²) >= 11 is 1.46. The van der Waals surface area contributed by atoms with Crippen molar-refractivity contribution >= 4 is 23.4 Å². The largest absolute Gasteiger partial charge is 0.343 e. The van der Waals surface area contributed by atoms with E-state index >= 15 is 0 Å². The van der Waals surface area contributed by atoms with Gasteiger partial charge in [0.05, 0.1) is 5.56 Å². The van der Waals surface area contributed by atoms with Crippen molar-refractivity contribution in [2.24, 2.45) is 5.41 Å². The normalized spacial score (nSPS) is 18.8. The molecule has 2 heterocycles. The summed E-state index contributed by atoms with van der Waals surface area (Å²) in [7, 11) is 0. The topological polar surface area (TPSA) is 74.8 Å². The zero-order valence-corrected chi connectivity index (χ0v) is 20.2. The van der Waals surface area contributed by atoms with Crippen molar-refractivity contribution < 1.29 is 9.18 Å². The third-order valence-electron chi connectivity index (χ3n) is 6.53. The number of Topliss-reactive ketones (excluding diaryl/α,β-unsaturated/α-hetero) is 1. The van der Waals surface area contributed by atoms with E-state index in [1.165, 1.54) is 35.0 Å². The summed E-state index contributed by atoms with van der Waals surface area (Å²) in [6.45, 7) is 6.19. The molecule has 2 N–H and O–H groups in total. The smallest absolute Gasteiger partial charge is 0.257 e. The van der Waals surface area contributed by atoms with Gasteiger partial charge in [-0.1, -0.05) is 62.0 Å². The standard InChI is InChI=1S/C27H26FN3O2S/c1-15-6-4-5-7-17(15)14-34-26-30-24-23(25(33)31-26)21(16-8-10-18(28)11-9-16)22-19(29-24)12-27(2,3)13-20(22)32/h4-11,21H,12-14H2,1-3H3,(H2,29,30,31,33)/t21-/m0/s1. The number of fused-ring (bicyclic) bond motifs is 1. The van der Waals surface area contributed by atoms with Crippen molar-refractivity contribution in [1.29, 1.82) is 0 Å². The summed E-state index contributed by atoms with van der Waals surface area (Å²) in [6, 6.07) is 14.1. The van der Waals surface area contributed by atoms with E-state index in [-0.39, 0.29) is 22.6 Å². The quantitative estimate of drug-likeness (QED) is 0.373. The van der Waals surface area contributed by atoms with Gasteiger partial charge in [-0.2, -0.15) is 0 Å². The van der Waals surface area contributed by atoms with E-state index < -0.39 is 5.92 Å². The van der Waals surface area contributed by atoms with Crippen molar-refractivity contribution in [3.63, 3.8) is 0 Å². The molecule has 2 aromatic carbocycles. The van der Waals surface area contributed by atoms with Gasteiger partial charge >= 0.3 is 0 Å². The van der Waals surface area contributed by atoms with Crippen molar-refractivity contribution in [2.75, 3.05) is 5.32 Å². The van der Waals surface area contributed by atoms with Gasteiger partial charge in [0.2, 0.25) is 0 Å². The number of aromatic amines is 1. The SMILES string of the molecule is Cc1ccccc1CSc1nc2c(c(=O)[nH]1)[C@@H](c1ccc(F)cc1)C1=C(CC(C)(C)CC1=O)N2. The van der Waals surface area contributed by atoms with E-state index in [0.717, 1.165) is 5.70 Å². The molecule has 0 fully saturated rings. The number of H-pyrrole nitrogens is 1. The molecule has 0 saturated heterocycles. The van der Waals surface area contributed by atoms with E-state index in [4.69, 9.17) is 4.98 Å². The van der Waals surface area contributed by atoms with E-state index in [1.807, 2.05) is 12.1 Å². The summed E-state index contributed by atoms with van der Waals surface area (Å²) in [6.07, 6.45) is 1.07. The Morgan fingerprint density at radius 2 is 1.82 bits per heavy atom. The lowest BCUT2D eigenvalue weighted by atomic mass is 9.69. The van der Waals surface area contributed by atoms with Crippen molar-refractivity contribution in [2.45, 2.75) is 50.4 Å². The average Bonchev–Trinajstić information content (AvgIpc) is 2.77. The summed E-state index contributed by atoms with van der Waals surface area (Å²) in [5.74, 6) is 0.209. The van der Waals surface area contributed by atoms with Crippen LogP contribution in [0.15, 0.2) is 69.8 Å². The molecule has 7 heteroatoms. The van der Waals surface area contributed by atoms with E-state index in [1.54, 1.807) is 12.1 Å². The van der Waals surface area contributed by atoms with Crippen LogP contribution >= 0.6 is 11.8 Å². The van der Waals surface area contributed by atoms with Crippen LogP contribution in [0.2, 0.25) is 0 Å². The van der Waals surface area contributed by atoms with Gasteiger partial charge in [0.15, 0.2) is 10.9 Å². The number of allylic oxidation sites excluding steroid dienone is 2. The molecule has 1 aliphatic carbocycles. The number of hydrogen-bond donors (Lipinski definition) is 2. The minimum atomic E-state index is -0.581. The van der Waals surface area contributed by atoms with Gasteiger partial charge in [0.1, 0.15) is 11.6 Å². The highest BCUT2D eigenvalue weighted by atomic mass is 32.2. The van der Waals surface area contributed by atoms with Crippen LogP contribution in [-0.2, 0) is 10.5 Å². The molecule has 3 aromatic rings. The number of thioether (sulfide) groups is 1. The molecule has 1 atom stereocenters. The minimum absolute atomic E-state index is 0.0103. The molecule has 34 heavy (non-hydrogen) atoms. The van der Waals surface area contributed by atoms with Crippen LogP contribution in [0.4, 0.5) is 10.2 Å². The Morgan fingerprint density at radius 3 is 2.56 bits per heavy atom. The number of nitrogens with zero attached hydrogens (tertiary/aromatic N) is 1.